The van der Waals surface area contributed by atoms with Crippen LogP contribution in [-0.2, 0) is 22.9 Å². The third kappa shape index (κ3) is 5.32. The van der Waals surface area contributed by atoms with Gasteiger partial charge in [-0.1, -0.05) is 13.8 Å². The summed E-state index contributed by atoms with van der Waals surface area (Å²) in [7, 11) is -2.87. The van der Waals surface area contributed by atoms with E-state index in [1.807, 2.05) is 17.8 Å². The van der Waals surface area contributed by atoms with E-state index in [9.17, 15) is 8.42 Å². The molecule has 1 heterocycles. The van der Waals surface area contributed by atoms with Gasteiger partial charge in [0, 0.05) is 30.1 Å². The third-order valence-corrected chi connectivity index (χ3v) is 5.00. The largest absolute Gasteiger partial charge is 0.313 e. The highest BCUT2D eigenvalue weighted by atomic mass is 32.2. The highest BCUT2D eigenvalue weighted by Gasteiger charge is 2.09. The molecule has 0 aromatic carbocycles. The molecule has 6 heteroatoms. The van der Waals surface area contributed by atoms with Gasteiger partial charge in [0.15, 0.2) is 0 Å². The van der Waals surface area contributed by atoms with Gasteiger partial charge < -0.3 is 5.32 Å². The number of sulfone groups is 1. The minimum atomic E-state index is -2.87. The zero-order valence-corrected chi connectivity index (χ0v) is 13.0. The number of aryl methyl sites for hydroxylation is 1. The van der Waals surface area contributed by atoms with E-state index < -0.39 is 9.84 Å². The fourth-order valence-electron chi connectivity index (χ4n) is 1.86. The average molecular weight is 287 g/mol. The van der Waals surface area contributed by atoms with Crippen LogP contribution in [0.4, 0.5) is 0 Å². The van der Waals surface area contributed by atoms with Gasteiger partial charge in [0.05, 0.1) is 11.9 Å². The maximum absolute atomic E-state index is 11.4. The van der Waals surface area contributed by atoms with Crippen LogP contribution in [0.1, 0.15) is 37.9 Å². The molecule has 110 valence electrons. The summed E-state index contributed by atoms with van der Waals surface area (Å²) in [6.45, 7) is 8.35. The van der Waals surface area contributed by atoms with E-state index in [1.165, 1.54) is 5.56 Å². The maximum Gasteiger partial charge on any atom is 0.150 e. The standard InChI is InChI=1S/C13H25N3O2S/c1-4-7-14-10-13-11-15-16(12(13)3)8-6-9-19(17,18)5-2/h11,14H,4-10H2,1-3H3. The summed E-state index contributed by atoms with van der Waals surface area (Å²) in [5.41, 5.74) is 2.31. The van der Waals surface area contributed by atoms with Gasteiger partial charge >= 0.3 is 0 Å². The Morgan fingerprint density at radius 2 is 2.11 bits per heavy atom. The molecule has 19 heavy (non-hydrogen) atoms. The van der Waals surface area contributed by atoms with Crippen LogP contribution in [0.15, 0.2) is 6.20 Å². The lowest BCUT2D eigenvalue weighted by Crippen LogP contribution is -2.15. The quantitative estimate of drug-likeness (QED) is 0.699. The predicted molar refractivity (Wildman–Crippen MR) is 77.9 cm³/mol. The van der Waals surface area contributed by atoms with Crippen molar-refractivity contribution in [2.75, 3.05) is 18.1 Å². The summed E-state index contributed by atoms with van der Waals surface area (Å²) in [4.78, 5) is 0. The number of hydrogen-bond donors (Lipinski definition) is 1. The van der Waals surface area contributed by atoms with Crippen LogP contribution in [0.3, 0.4) is 0 Å². The Morgan fingerprint density at radius 3 is 2.74 bits per heavy atom. The second-order valence-corrected chi connectivity index (χ2v) is 7.22. The minimum absolute atomic E-state index is 0.220. The van der Waals surface area contributed by atoms with E-state index in [4.69, 9.17) is 0 Å². The fourth-order valence-corrected chi connectivity index (χ4v) is 2.72. The minimum Gasteiger partial charge on any atom is -0.313 e. The molecule has 0 spiro atoms. The van der Waals surface area contributed by atoms with Crippen LogP contribution < -0.4 is 5.32 Å². The van der Waals surface area contributed by atoms with Gasteiger partial charge in [0.25, 0.3) is 0 Å². The molecule has 1 N–H and O–H groups in total. The normalized spacial score (nSPS) is 11.9. The second kappa shape index (κ2) is 7.65. The highest BCUT2D eigenvalue weighted by molar-refractivity contribution is 7.91. The number of hydrogen-bond acceptors (Lipinski definition) is 4. The molecule has 0 fully saturated rings. The van der Waals surface area contributed by atoms with Crippen LogP contribution in [0, 0.1) is 6.92 Å². The van der Waals surface area contributed by atoms with E-state index in [0.29, 0.717) is 13.0 Å². The monoisotopic (exact) mass is 287 g/mol. The summed E-state index contributed by atoms with van der Waals surface area (Å²) in [5, 5.41) is 7.67. The van der Waals surface area contributed by atoms with Crippen molar-refractivity contribution in [3.05, 3.63) is 17.5 Å². The molecule has 0 radical (unpaired) electrons. The first-order chi connectivity index (χ1) is 9.00. The second-order valence-electron chi connectivity index (χ2n) is 4.75. The van der Waals surface area contributed by atoms with E-state index in [-0.39, 0.29) is 11.5 Å². The van der Waals surface area contributed by atoms with Gasteiger partial charge in [-0.2, -0.15) is 5.10 Å². The molecule has 0 unspecified atom stereocenters. The Hall–Kier alpha value is -0.880. The maximum atomic E-state index is 11.4. The lowest BCUT2D eigenvalue weighted by molar-refractivity contribution is 0.565. The van der Waals surface area contributed by atoms with Crippen molar-refractivity contribution in [2.45, 2.75) is 46.7 Å². The molecule has 5 nitrogen and oxygen atoms in total. The fraction of sp³-hybridized carbons (Fsp3) is 0.769. The number of rotatable bonds is 9. The Kier molecular flexibility index (Phi) is 6.51. The van der Waals surface area contributed by atoms with Crippen molar-refractivity contribution in [1.82, 2.24) is 15.1 Å². The van der Waals surface area contributed by atoms with Gasteiger partial charge in [0.1, 0.15) is 9.84 Å². The summed E-state index contributed by atoms with van der Waals surface area (Å²) in [6, 6.07) is 0. The molecule has 0 aliphatic rings. The molecule has 1 aromatic heterocycles. The summed E-state index contributed by atoms with van der Waals surface area (Å²) in [6.07, 6.45) is 3.61. The Morgan fingerprint density at radius 1 is 1.37 bits per heavy atom. The SMILES string of the molecule is CCCNCc1cnn(CCCS(=O)(=O)CC)c1C. The van der Waals surface area contributed by atoms with Crippen LogP contribution in [-0.4, -0.2) is 36.2 Å². The van der Waals surface area contributed by atoms with Gasteiger partial charge in [-0.05, 0) is 26.3 Å². The van der Waals surface area contributed by atoms with Crippen molar-refractivity contribution < 1.29 is 8.42 Å². The molecule has 0 aliphatic carbocycles. The molecule has 0 amide bonds. The summed E-state index contributed by atoms with van der Waals surface area (Å²) >= 11 is 0. The van der Waals surface area contributed by atoms with E-state index >= 15 is 0 Å². The molecule has 1 aromatic rings. The van der Waals surface area contributed by atoms with Gasteiger partial charge in [-0.15, -0.1) is 0 Å². The molecular weight excluding hydrogens is 262 g/mol. The van der Waals surface area contributed by atoms with Crippen molar-refractivity contribution >= 4 is 9.84 Å². The van der Waals surface area contributed by atoms with Gasteiger partial charge in [-0.3, -0.25) is 4.68 Å². The third-order valence-electron chi connectivity index (χ3n) is 3.21. The number of nitrogens with zero attached hydrogens (tertiary/aromatic N) is 2. The summed E-state index contributed by atoms with van der Waals surface area (Å²) in [5.74, 6) is 0.462. The van der Waals surface area contributed by atoms with E-state index in [2.05, 4.69) is 17.3 Å². The van der Waals surface area contributed by atoms with Crippen LogP contribution in [0.2, 0.25) is 0 Å². The first-order valence-corrected chi connectivity index (χ1v) is 8.74. The highest BCUT2D eigenvalue weighted by Crippen LogP contribution is 2.08. The zero-order chi connectivity index (χ0) is 14.3. The number of aromatic nitrogens is 2. The Labute approximate surface area is 116 Å². The molecule has 0 bridgehead atoms. The van der Waals surface area contributed by atoms with E-state index in [1.54, 1.807) is 6.92 Å². The lowest BCUT2D eigenvalue weighted by Gasteiger charge is -2.06. The summed E-state index contributed by atoms with van der Waals surface area (Å²) < 4.78 is 24.7. The average Bonchev–Trinajstić information content (AvgIpc) is 2.72. The van der Waals surface area contributed by atoms with Gasteiger partial charge in [0.2, 0.25) is 0 Å². The molecular formula is C13H25N3O2S. The predicted octanol–water partition coefficient (Wildman–Crippen LogP) is 1.52. The van der Waals surface area contributed by atoms with Crippen molar-refractivity contribution in [1.29, 1.82) is 0 Å². The Bertz CT molecular complexity index is 480. The Balaban J connectivity index is 2.47. The lowest BCUT2D eigenvalue weighted by atomic mass is 10.2. The van der Waals surface area contributed by atoms with Crippen molar-refractivity contribution in [3.63, 3.8) is 0 Å². The van der Waals surface area contributed by atoms with Crippen molar-refractivity contribution in [3.8, 4) is 0 Å². The molecule has 0 saturated heterocycles. The topological polar surface area (TPSA) is 64.0 Å². The van der Waals surface area contributed by atoms with Crippen LogP contribution in [0.5, 0.6) is 0 Å². The molecule has 0 atom stereocenters. The van der Waals surface area contributed by atoms with Crippen LogP contribution in [0.25, 0.3) is 0 Å². The smallest absolute Gasteiger partial charge is 0.150 e. The molecule has 0 saturated carbocycles. The number of nitrogens with one attached hydrogen (secondary N) is 1. The first-order valence-electron chi connectivity index (χ1n) is 6.92. The molecule has 1 rings (SSSR count). The van der Waals surface area contributed by atoms with Crippen LogP contribution >= 0.6 is 0 Å². The molecule has 0 aliphatic heterocycles. The van der Waals surface area contributed by atoms with Crippen molar-refractivity contribution in [2.24, 2.45) is 0 Å². The van der Waals surface area contributed by atoms with E-state index in [0.717, 1.165) is 25.2 Å². The van der Waals surface area contributed by atoms with Gasteiger partial charge in [-0.25, -0.2) is 8.42 Å². The first kappa shape index (κ1) is 16.2. The zero-order valence-electron chi connectivity index (χ0n) is 12.1.